The molecule has 2 nitrogen and oxygen atoms in total. The third-order valence-corrected chi connectivity index (χ3v) is 1.78. The van der Waals surface area contributed by atoms with E-state index in [-0.39, 0.29) is 5.81 Å². The van der Waals surface area contributed by atoms with Gasteiger partial charge in [-0.1, -0.05) is 49.6 Å². The fourth-order valence-electron chi connectivity index (χ4n) is 1.06. The molecule has 0 aliphatic carbocycles. The molecular formula is C11H15BNO. The monoisotopic (exact) mass is 188 g/mol. The van der Waals surface area contributed by atoms with Crippen molar-refractivity contribution < 1.29 is 4.79 Å². The second-order valence-electron chi connectivity index (χ2n) is 3.69. The fourth-order valence-corrected chi connectivity index (χ4v) is 1.06. The highest BCUT2D eigenvalue weighted by Crippen LogP contribution is 1.87. The Morgan fingerprint density at radius 2 is 2.00 bits per heavy atom. The van der Waals surface area contributed by atoms with Gasteiger partial charge in [0.15, 0.2) is 5.81 Å². The standard InChI is InChI=1S/C11H15BNO/c1-9(2)8-13-11(14)12-10-6-4-3-5-7-10/h3-7,9H,8H2,1-2H3,(H,13,14). The van der Waals surface area contributed by atoms with Crippen LogP contribution in [0.4, 0.5) is 4.79 Å². The van der Waals surface area contributed by atoms with Gasteiger partial charge in [0.1, 0.15) is 0 Å². The summed E-state index contributed by atoms with van der Waals surface area (Å²) in [5.41, 5.74) is 0.939. The van der Waals surface area contributed by atoms with E-state index in [1.54, 1.807) is 7.28 Å². The van der Waals surface area contributed by atoms with Gasteiger partial charge in [0.25, 0.3) is 7.28 Å². The van der Waals surface area contributed by atoms with Crippen molar-refractivity contribution in [2.75, 3.05) is 6.54 Å². The summed E-state index contributed by atoms with van der Waals surface area (Å²) in [4.78, 5) is 11.4. The molecular weight excluding hydrogens is 173 g/mol. The molecule has 1 rings (SSSR count). The molecule has 1 N–H and O–H groups in total. The molecule has 73 valence electrons. The number of hydrogen-bond donors (Lipinski definition) is 1. The van der Waals surface area contributed by atoms with Gasteiger partial charge in [0.2, 0.25) is 0 Å². The Kier molecular flexibility index (Phi) is 4.24. The van der Waals surface area contributed by atoms with Crippen molar-refractivity contribution in [1.82, 2.24) is 5.32 Å². The van der Waals surface area contributed by atoms with E-state index in [1.807, 2.05) is 30.3 Å². The highest BCUT2D eigenvalue weighted by molar-refractivity contribution is 6.83. The van der Waals surface area contributed by atoms with Gasteiger partial charge in [-0.25, -0.2) is 0 Å². The van der Waals surface area contributed by atoms with Gasteiger partial charge in [-0.3, -0.25) is 4.79 Å². The van der Waals surface area contributed by atoms with Gasteiger partial charge >= 0.3 is 0 Å². The Bertz CT molecular complexity index is 285. The zero-order chi connectivity index (χ0) is 10.4. The summed E-state index contributed by atoms with van der Waals surface area (Å²) in [6.45, 7) is 4.87. The van der Waals surface area contributed by atoms with Crippen molar-refractivity contribution >= 4 is 18.5 Å². The van der Waals surface area contributed by atoms with Gasteiger partial charge in [-0.05, 0) is 5.92 Å². The largest absolute Gasteiger partial charge is 0.365 e. The molecule has 1 aromatic carbocycles. The van der Waals surface area contributed by atoms with Crippen molar-refractivity contribution in [3.8, 4) is 0 Å². The lowest BCUT2D eigenvalue weighted by atomic mass is 9.69. The third kappa shape index (κ3) is 4.12. The zero-order valence-corrected chi connectivity index (χ0v) is 8.66. The Balaban J connectivity index is 2.35. The molecule has 0 heterocycles. The number of rotatable bonds is 4. The van der Waals surface area contributed by atoms with Crippen molar-refractivity contribution in [2.45, 2.75) is 13.8 Å². The molecule has 14 heavy (non-hydrogen) atoms. The van der Waals surface area contributed by atoms with E-state index >= 15 is 0 Å². The van der Waals surface area contributed by atoms with Gasteiger partial charge < -0.3 is 5.32 Å². The first kappa shape index (κ1) is 10.8. The van der Waals surface area contributed by atoms with Crippen LogP contribution in [0.25, 0.3) is 0 Å². The summed E-state index contributed by atoms with van der Waals surface area (Å²) >= 11 is 0. The molecule has 1 amide bonds. The van der Waals surface area contributed by atoms with E-state index < -0.39 is 0 Å². The number of carbonyl (C=O) groups is 1. The summed E-state index contributed by atoms with van der Waals surface area (Å²) in [5, 5.41) is 2.84. The number of carbonyl (C=O) groups excluding carboxylic acids is 1. The maximum Gasteiger partial charge on any atom is 0.271 e. The highest BCUT2D eigenvalue weighted by atomic mass is 16.1. The van der Waals surface area contributed by atoms with Crippen LogP contribution in [0, 0.1) is 5.92 Å². The first-order chi connectivity index (χ1) is 6.68. The first-order valence-electron chi connectivity index (χ1n) is 4.86. The predicted octanol–water partition coefficient (Wildman–Crippen LogP) is 1.38. The maximum absolute atomic E-state index is 11.4. The number of hydrogen-bond acceptors (Lipinski definition) is 1. The molecule has 0 aromatic heterocycles. The highest BCUT2D eigenvalue weighted by Gasteiger charge is 2.05. The van der Waals surface area contributed by atoms with Gasteiger partial charge in [0, 0.05) is 6.54 Å². The van der Waals surface area contributed by atoms with Gasteiger partial charge in [-0.2, -0.15) is 0 Å². The van der Waals surface area contributed by atoms with Crippen LogP contribution in [-0.2, 0) is 0 Å². The molecule has 0 atom stereocenters. The minimum Gasteiger partial charge on any atom is -0.365 e. The number of nitrogens with one attached hydrogen (secondary N) is 1. The number of amides is 1. The van der Waals surface area contributed by atoms with Crippen LogP contribution in [-0.4, -0.2) is 19.6 Å². The normalized spacial score (nSPS) is 9.93. The van der Waals surface area contributed by atoms with E-state index in [0.717, 1.165) is 12.0 Å². The van der Waals surface area contributed by atoms with Crippen LogP contribution in [0.1, 0.15) is 13.8 Å². The SMILES string of the molecule is CC(C)CNC(=O)[B]c1ccccc1. The Morgan fingerprint density at radius 1 is 1.36 bits per heavy atom. The van der Waals surface area contributed by atoms with Crippen molar-refractivity contribution in [3.63, 3.8) is 0 Å². The Hall–Kier alpha value is -1.25. The summed E-state index contributed by atoms with van der Waals surface area (Å²) < 4.78 is 0. The van der Waals surface area contributed by atoms with E-state index in [1.165, 1.54) is 0 Å². The summed E-state index contributed by atoms with van der Waals surface area (Å²) in [6, 6.07) is 9.59. The second-order valence-corrected chi connectivity index (χ2v) is 3.69. The molecule has 0 saturated heterocycles. The lowest BCUT2D eigenvalue weighted by Crippen LogP contribution is -2.35. The molecule has 1 aromatic rings. The van der Waals surface area contributed by atoms with Crippen LogP contribution in [0.3, 0.4) is 0 Å². The van der Waals surface area contributed by atoms with E-state index in [9.17, 15) is 4.79 Å². The van der Waals surface area contributed by atoms with Crippen LogP contribution < -0.4 is 10.8 Å². The summed E-state index contributed by atoms with van der Waals surface area (Å²) in [6.07, 6.45) is 0. The van der Waals surface area contributed by atoms with Crippen molar-refractivity contribution in [1.29, 1.82) is 0 Å². The van der Waals surface area contributed by atoms with Crippen molar-refractivity contribution in [3.05, 3.63) is 30.3 Å². The molecule has 0 unspecified atom stereocenters. The molecule has 0 fully saturated rings. The maximum atomic E-state index is 11.4. The minimum atomic E-state index is -0.0232. The molecule has 0 bridgehead atoms. The second kappa shape index (κ2) is 5.48. The van der Waals surface area contributed by atoms with Crippen LogP contribution in [0.15, 0.2) is 30.3 Å². The minimum absolute atomic E-state index is 0.0232. The molecule has 3 heteroatoms. The van der Waals surface area contributed by atoms with E-state index in [4.69, 9.17) is 0 Å². The van der Waals surface area contributed by atoms with E-state index in [0.29, 0.717) is 5.92 Å². The average Bonchev–Trinajstić information content (AvgIpc) is 2.16. The quantitative estimate of drug-likeness (QED) is 0.710. The third-order valence-electron chi connectivity index (χ3n) is 1.78. The predicted molar refractivity (Wildman–Crippen MR) is 60.1 cm³/mol. The van der Waals surface area contributed by atoms with Crippen LogP contribution in [0.2, 0.25) is 0 Å². The Morgan fingerprint density at radius 3 is 2.57 bits per heavy atom. The summed E-state index contributed by atoms with van der Waals surface area (Å²) in [5.74, 6) is 0.466. The topological polar surface area (TPSA) is 29.1 Å². The molecule has 0 aliphatic heterocycles. The van der Waals surface area contributed by atoms with E-state index in [2.05, 4.69) is 19.2 Å². The Labute approximate surface area is 86.0 Å². The summed E-state index contributed by atoms with van der Waals surface area (Å²) in [7, 11) is 1.61. The lowest BCUT2D eigenvalue weighted by Gasteiger charge is -2.06. The molecule has 0 saturated carbocycles. The zero-order valence-electron chi connectivity index (χ0n) is 8.66. The molecule has 0 spiro atoms. The smallest absolute Gasteiger partial charge is 0.271 e. The fraction of sp³-hybridized carbons (Fsp3) is 0.364. The van der Waals surface area contributed by atoms with Gasteiger partial charge in [-0.15, -0.1) is 0 Å². The number of benzene rings is 1. The van der Waals surface area contributed by atoms with Gasteiger partial charge in [0.05, 0.1) is 0 Å². The van der Waals surface area contributed by atoms with Crippen LogP contribution in [0.5, 0.6) is 0 Å². The van der Waals surface area contributed by atoms with Crippen molar-refractivity contribution in [2.24, 2.45) is 5.92 Å². The molecule has 1 radical (unpaired) electrons. The lowest BCUT2D eigenvalue weighted by molar-refractivity contribution is 0.258. The first-order valence-corrected chi connectivity index (χ1v) is 4.86. The van der Waals surface area contributed by atoms with Crippen LogP contribution >= 0.6 is 0 Å². The average molecular weight is 188 g/mol. The molecule has 0 aliphatic rings.